The first-order valence-electron chi connectivity index (χ1n) is 11.2. The Morgan fingerprint density at radius 2 is 1.94 bits per heavy atom. The van der Waals surface area contributed by atoms with Gasteiger partial charge in [-0.2, -0.15) is 0 Å². The van der Waals surface area contributed by atoms with Crippen LogP contribution in [0.5, 0.6) is 17.2 Å². The van der Waals surface area contributed by atoms with Crippen molar-refractivity contribution in [2.45, 2.75) is 44.2 Å². The molecule has 1 saturated heterocycles. The second-order valence-corrected chi connectivity index (χ2v) is 8.69. The van der Waals surface area contributed by atoms with Gasteiger partial charge in [-0.15, -0.1) is 12.4 Å². The maximum Gasteiger partial charge on any atom is 0.231 e. The molecular weight excluding hydrogens is 428 g/mol. The van der Waals surface area contributed by atoms with E-state index in [-0.39, 0.29) is 31.1 Å². The van der Waals surface area contributed by atoms with E-state index >= 15 is 0 Å². The van der Waals surface area contributed by atoms with Crippen molar-refractivity contribution >= 4 is 18.3 Å². The average Bonchev–Trinajstić information content (AvgIpc) is 3.49. The van der Waals surface area contributed by atoms with Gasteiger partial charge in [0.15, 0.2) is 11.5 Å². The summed E-state index contributed by atoms with van der Waals surface area (Å²) in [6.45, 7) is 2.47. The highest BCUT2D eigenvalue weighted by atomic mass is 35.5. The number of likely N-dealkylation sites (tertiary alicyclic amines) is 1. The molecule has 0 N–H and O–H groups in total. The molecule has 2 aliphatic heterocycles. The first-order chi connectivity index (χ1) is 15.2. The lowest BCUT2D eigenvalue weighted by Gasteiger charge is -2.44. The third-order valence-corrected chi connectivity index (χ3v) is 6.98. The summed E-state index contributed by atoms with van der Waals surface area (Å²) in [6.07, 6.45) is 4.85. The predicted molar refractivity (Wildman–Crippen MR) is 125 cm³/mol. The van der Waals surface area contributed by atoms with Gasteiger partial charge in [0, 0.05) is 13.1 Å². The monoisotopic (exact) mass is 458 g/mol. The Bertz CT molecular complexity index is 976. The van der Waals surface area contributed by atoms with E-state index < -0.39 is 0 Å². The summed E-state index contributed by atoms with van der Waals surface area (Å²) in [4.78, 5) is 18.0. The molecule has 5 rings (SSSR count). The molecule has 2 aromatic rings. The van der Waals surface area contributed by atoms with Crippen LogP contribution in [0.3, 0.4) is 0 Å². The minimum atomic E-state index is 0. The van der Waals surface area contributed by atoms with E-state index in [0.29, 0.717) is 12.5 Å². The van der Waals surface area contributed by atoms with Crippen molar-refractivity contribution in [2.75, 3.05) is 34.0 Å². The number of fused-ring (bicyclic) bond motifs is 2. The zero-order valence-electron chi connectivity index (χ0n) is 18.7. The molecule has 0 unspecified atom stereocenters. The smallest absolute Gasteiger partial charge is 0.231 e. The van der Waals surface area contributed by atoms with Gasteiger partial charge in [0.2, 0.25) is 12.7 Å². The van der Waals surface area contributed by atoms with Crippen LogP contribution in [-0.4, -0.2) is 55.8 Å². The number of carbonyl (C=O) groups excluding carboxylic acids is 1. The first-order valence-corrected chi connectivity index (χ1v) is 11.2. The molecule has 1 aliphatic carbocycles. The van der Waals surface area contributed by atoms with Crippen LogP contribution in [0.25, 0.3) is 0 Å². The lowest BCUT2D eigenvalue weighted by atomic mass is 9.81. The van der Waals surface area contributed by atoms with Gasteiger partial charge in [-0.05, 0) is 73.7 Å². The van der Waals surface area contributed by atoms with E-state index in [1.165, 1.54) is 24.0 Å². The van der Waals surface area contributed by atoms with Gasteiger partial charge in [-0.25, -0.2) is 0 Å². The van der Waals surface area contributed by atoms with Gasteiger partial charge >= 0.3 is 0 Å². The van der Waals surface area contributed by atoms with Gasteiger partial charge < -0.3 is 19.1 Å². The third kappa shape index (κ3) is 4.14. The lowest BCUT2D eigenvalue weighted by Crippen LogP contribution is -2.48. The number of amides is 1. The fourth-order valence-corrected chi connectivity index (χ4v) is 5.40. The van der Waals surface area contributed by atoms with Crippen molar-refractivity contribution in [3.8, 4) is 17.2 Å². The maximum absolute atomic E-state index is 13.4. The Morgan fingerprint density at radius 1 is 1.16 bits per heavy atom. The number of hydrogen-bond acceptors (Lipinski definition) is 5. The Morgan fingerprint density at radius 3 is 2.72 bits per heavy atom. The summed E-state index contributed by atoms with van der Waals surface area (Å²) < 4.78 is 16.5. The van der Waals surface area contributed by atoms with E-state index in [4.69, 9.17) is 14.2 Å². The van der Waals surface area contributed by atoms with Gasteiger partial charge in [-0.3, -0.25) is 9.69 Å². The van der Waals surface area contributed by atoms with Crippen LogP contribution < -0.4 is 14.2 Å². The van der Waals surface area contributed by atoms with Crippen molar-refractivity contribution in [1.82, 2.24) is 9.80 Å². The molecule has 7 heteroatoms. The molecule has 0 bridgehead atoms. The van der Waals surface area contributed by atoms with Crippen molar-refractivity contribution in [2.24, 2.45) is 0 Å². The Kier molecular flexibility index (Phi) is 6.82. The van der Waals surface area contributed by atoms with Crippen molar-refractivity contribution in [1.29, 1.82) is 0 Å². The highest BCUT2D eigenvalue weighted by Gasteiger charge is 2.39. The van der Waals surface area contributed by atoms with Crippen LogP contribution in [-0.2, 0) is 17.6 Å². The van der Waals surface area contributed by atoms with Crippen LogP contribution in [0.15, 0.2) is 36.4 Å². The van der Waals surface area contributed by atoms with Crippen LogP contribution >= 0.6 is 12.4 Å². The van der Waals surface area contributed by atoms with Crippen molar-refractivity contribution in [3.05, 3.63) is 53.1 Å². The number of halogens is 1. The number of benzene rings is 2. The Hall–Kier alpha value is -2.44. The average molecular weight is 459 g/mol. The van der Waals surface area contributed by atoms with Gasteiger partial charge in [0.05, 0.1) is 19.6 Å². The molecule has 6 nitrogen and oxygen atoms in total. The summed E-state index contributed by atoms with van der Waals surface area (Å²) in [5.74, 6) is 2.50. The first kappa shape index (κ1) is 22.7. The van der Waals surface area contributed by atoms with Crippen LogP contribution in [0.1, 0.15) is 42.0 Å². The summed E-state index contributed by atoms with van der Waals surface area (Å²) >= 11 is 0. The summed E-state index contributed by atoms with van der Waals surface area (Å²) in [7, 11) is 3.68. The molecule has 0 spiro atoms. The molecule has 1 fully saturated rings. The Labute approximate surface area is 195 Å². The Balaban J connectivity index is 0.00000245. The van der Waals surface area contributed by atoms with Crippen LogP contribution in [0.2, 0.25) is 0 Å². The summed E-state index contributed by atoms with van der Waals surface area (Å²) in [5.41, 5.74) is 3.41. The molecule has 172 valence electrons. The minimum absolute atomic E-state index is 0. The van der Waals surface area contributed by atoms with Gasteiger partial charge in [-0.1, -0.05) is 18.2 Å². The second kappa shape index (κ2) is 9.59. The fourth-order valence-electron chi connectivity index (χ4n) is 5.40. The topological polar surface area (TPSA) is 51.2 Å². The van der Waals surface area contributed by atoms with E-state index in [1.54, 1.807) is 7.11 Å². The largest absolute Gasteiger partial charge is 0.496 e. The molecule has 0 aromatic heterocycles. The fraction of sp³-hybridized carbons (Fsp3) is 0.480. The number of ether oxygens (including phenoxy) is 3. The van der Waals surface area contributed by atoms with Crippen molar-refractivity contribution < 1.29 is 19.0 Å². The van der Waals surface area contributed by atoms with E-state index in [2.05, 4.69) is 11.0 Å². The lowest BCUT2D eigenvalue weighted by molar-refractivity contribution is -0.133. The quantitative estimate of drug-likeness (QED) is 0.677. The van der Waals surface area contributed by atoms with Crippen LogP contribution in [0.4, 0.5) is 0 Å². The van der Waals surface area contributed by atoms with Gasteiger partial charge in [0.1, 0.15) is 5.75 Å². The number of methoxy groups -OCH3 is 1. The van der Waals surface area contributed by atoms with E-state index in [0.717, 1.165) is 48.7 Å². The van der Waals surface area contributed by atoms with E-state index in [1.807, 2.05) is 42.3 Å². The molecule has 2 aromatic carbocycles. The second-order valence-electron chi connectivity index (χ2n) is 8.69. The molecule has 0 radical (unpaired) electrons. The number of hydrogen-bond donors (Lipinski definition) is 0. The molecule has 2 heterocycles. The number of carbonyl (C=O) groups is 1. The number of nitrogens with zero attached hydrogens (tertiary/aromatic N) is 2. The molecule has 32 heavy (non-hydrogen) atoms. The van der Waals surface area contributed by atoms with Crippen LogP contribution in [0, 0.1) is 0 Å². The zero-order chi connectivity index (χ0) is 21.4. The minimum Gasteiger partial charge on any atom is -0.496 e. The third-order valence-electron chi connectivity index (χ3n) is 6.98. The SMILES string of the molecule is COc1cccc2c1CC[C@H](N1CCCC1)[C@H]2N(C)C(=O)Cc1ccc2c(c1)OCO2.Cl. The van der Waals surface area contributed by atoms with Gasteiger partial charge in [0.25, 0.3) is 0 Å². The molecule has 1 amide bonds. The molecule has 3 aliphatic rings. The molecular formula is C25H31ClN2O4. The highest BCUT2D eigenvalue weighted by Crippen LogP contribution is 2.41. The number of likely N-dealkylation sites (N-methyl/N-ethyl adjacent to an activating group) is 1. The summed E-state index contributed by atoms with van der Waals surface area (Å²) in [6, 6.07) is 12.4. The normalized spacial score (nSPS) is 21.6. The highest BCUT2D eigenvalue weighted by molar-refractivity contribution is 5.85. The van der Waals surface area contributed by atoms with E-state index in [9.17, 15) is 4.79 Å². The van der Waals surface area contributed by atoms with Crippen molar-refractivity contribution in [3.63, 3.8) is 0 Å². The standard InChI is InChI=1S/C25H30N2O4.ClH/c1-26(24(28)15-17-8-11-22-23(14-17)31-16-30-22)25-19-6-5-7-21(29-2)18(19)9-10-20(25)27-12-3-4-13-27;/h5-8,11,14,20,25H,3-4,9-10,12-13,15-16H2,1-2H3;1H/t20-,25-;/m0./s1. The predicted octanol–water partition coefficient (Wildman–Crippen LogP) is 4.00. The number of rotatable bonds is 5. The molecule has 2 atom stereocenters. The zero-order valence-corrected chi connectivity index (χ0v) is 19.5. The maximum atomic E-state index is 13.4. The molecule has 0 saturated carbocycles. The summed E-state index contributed by atoms with van der Waals surface area (Å²) in [5, 5.41) is 0.